The van der Waals surface area contributed by atoms with Crippen molar-refractivity contribution in [1.29, 1.82) is 0 Å². The molecule has 1 aromatic carbocycles. The van der Waals surface area contributed by atoms with Gasteiger partial charge in [0.2, 0.25) is 5.91 Å². The molecular formula is C15H20ClN3O4. The Balaban J connectivity index is 2.75. The van der Waals surface area contributed by atoms with E-state index < -0.39 is 5.97 Å². The average molecular weight is 342 g/mol. The zero-order chi connectivity index (χ0) is 17.6. The summed E-state index contributed by atoms with van der Waals surface area (Å²) in [6, 6.07) is 3.82. The number of carbonyl (C=O) groups excluding carboxylic acids is 3. The van der Waals surface area contributed by atoms with Gasteiger partial charge in [-0.05, 0) is 25.1 Å². The molecule has 1 rings (SSSR count). The Labute approximate surface area is 139 Å². The number of nitrogens with one attached hydrogen (secondary N) is 2. The van der Waals surface area contributed by atoms with Gasteiger partial charge < -0.3 is 20.3 Å². The molecule has 3 amide bonds. The minimum atomic E-state index is -0.552. The zero-order valence-electron chi connectivity index (χ0n) is 13.5. The van der Waals surface area contributed by atoms with Gasteiger partial charge >= 0.3 is 12.0 Å². The third kappa shape index (κ3) is 5.14. The van der Waals surface area contributed by atoms with Crippen molar-refractivity contribution < 1.29 is 19.1 Å². The minimum Gasteiger partial charge on any atom is -0.465 e. The summed E-state index contributed by atoms with van der Waals surface area (Å²) in [5.74, 6) is -0.702. The Bertz CT molecular complexity index is 606. The van der Waals surface area contributed by atoms with Gasteiger partial charge in [-0.2, -0.15) is 0 Å². The maximum absolute atomic E-state index is 12.2. The van der Waals surface area contributed by atoms with Crippen LogP contribution in [-0.2, 0) is 9.53 Å². The molecule has 126 valence electrons. The van der Waals surface area contributed by atoms with E-state index in [0.29, 0.717) is 5.69 Å². The van der Waals surface area contributed by atoms with Crippen molar-refractivity contribution in [3.63, 3.8) is 0 Å². The van der Waals surface area contributed by atoms with E-state index in [0.717, 1.165) is 0 Å². The van der Waals surface area contributed by atoms with Gasteiger partial charge in [0, 0.05) is 32.2 Å². The molecular weight excluding hydrogens is 322 g/mol. The molecule has 0 aliphatic rings. The number of methoxy groups -OCH3 is 1. The first-order chi connectivity index (χ1) is 10.8. The first-order valence-electron chi connectivity index (χ1n) is 6.92. The van der Waals surface area contributed by atoms with Crippen molar-refractivity contribution in [1.82, 2.24) is 10.2 Å². The van der Waals surface area contributed by atoms with Crippen LogP contribution in [-0.4, -0.2) is 50.1 Å². The largest absolute Gasteiger partial charge is 0.465 e. The molecule has 0 aliphatic carbocycles. The van der Waals surface area contributed by atoms with Crippen LogP contribution in [0.25, 0.3) is 0 Å². The van der Waals surface area contributed by atoms with Gasteiger partial charge in [-0.15, -0.1) is 0 Å². The quantitative estimate of drug-likeness (QED) is 0.803. The summed E-state index contributed by atoms with van der Waals surface area (Å²) in [5, 5.41) is 5.34. The van der Waals surface area contributed by atoms with Crippen LogP contribution >= 0.6 is 11.6 Å². The Morgan fingerprint density at radius 2 is 2.00 bits per heavy atom. The second-order valence-corrected chi connectivity index (χ2v) is 5.36. The molecule has 7 nitrogen and oxygen atoms in total. The minimum absolute atomic E-state index is 0.150. The zero-order valence-corrected chi connectivity index (χ0v) is 14.2. The van der Waals surface area contributed by atoms with Crippen molar-refractivity contribution in [2.45, 2.75) is 19.4 Å². The smallest absolute Gasteiger partial charge is 0.339 e. The van der Waals surface area contributed by atoms with Crippen molar-refractivity contribution in [2.75, 3.05) is 26.5 Å². The number of hydrogen-bond acceptors (Lipinski definition) is 4. The van der Waals surface area contributed by atoms with Crippen molar-refractivity contribution in [2.24, 2.45) is 0 Å². The Morgan fingerprint density at radius 1 is 1.35 bits per heavy atom. The summed E-state index contributed by atoms with van der Waals surface area (Å²) in [6.45, 7) is 1.77. The molecule has 2 N–H and O–H groups in total. The van der Waals surface area contributed by atoms with Crippen LogP contribution in [0.5, 0.6) is 0 Å². The second-order valence-electron chi connectivity index (χ2n) is 4.95. The van der Waals surface area contributed by atoms with Crippen molar-refractivity contribution >= 4 is 35.2 Å². The molecule has 0 bridgehead atoms. The molecule has 0 radical (unpaired) electrons. The number of urea groups is 1. The summed E-state index contributed by atoms with van der Waals surface area (Å²) >= 11 is 6.00. The van der Waals surface area contributed by atoms with Gasteiger partial charge in [-0.1, -0.05) is 11.6 Å². The standard InChI is InChI=1S/C15H20ClN3O4/c1-9(7-13(20)17-2)19(3)15(22)18-10-5-6-11(12(16)8-10)14(21)23-4/h5-6,8-9H,7H2,1-4H3,(H,17,20)(H,18,22)/t9-/m1/s1. The molecule has 0 aromatic heterocycles. The molecule has 0 heterocycles. The molecule has 0 aliphatic heterocycles. The normalized spacial score (nSPS) is 11.3. The number of amides is 3. The maximum Gasteiger partial charge on any atom is 0.339 e. The van der Waals surface area contributed by atoms with Crippen LogP contribution in [0, 0.1) is 0 Å². The fraction of sp³-hybridized carbons (Fsp3) is 0.400. The van der Waals surface area contributed by atoms with Crippen molar-refractivity contribution in [3.05, 3.63) is 28.8 Å². The third-order valence-electron chi connectivity index (χ3n) is 3.37. The summed E-state index contributed by atoms with van der Waals surface area (Å²) in [7, 11) is 4.39. The second kappa shape index (κ2) is 8.38. The van der Waals surface area contributed by atoms with Gasteiger partial charge in [-0.3, -0.25) is 4.79 Å². The van der Waals surface area contributed by atoms with E-state index in [4.69, 9.17) is 11.6 Å². The monoisotopic (exact) mass is 341 g/mol. The fourth-order valence-electron chi connectivity index (χ4n) is 1.79. The average Bonchev–Trinajstić information content (AvgIpc) is 2.53. The maximum atomic E-state index is 12.2. The number of halogens is 1. The number of rotatable bonds is 5. The van der Waals surface area contributed by atoms with E-state index in [2.05, 4.69) is 15.4 Å². The highest BCUT2D eigenvalue weighted by molar-refractivity contribution is 6.33. The van der Waals surface area contributed by atoms with Crippen molar-refractivity contribution in [3.8, 4) is 0 Å². The van der Waals surface area contributed by atoms with E-state index >= 15 is 0 Å². The molecule has 1 atom stereocenters. The fourth-order valence-corrected chi connectivity index (χ4v) is 2.05. The number of benzene rings is 1. The molecule has 0 fully saturated rings. The van der Waals surface area contributed by atoms with E-state index in [9.17, 15) is 14.4 Å². The highest BCUT2D eigenvalue weighted by Gasteiger charge is 2.19. The molecule has 0 spiro atoms. The Hall–Kier alpha value is -2.28. The summed E-state index contributed by atoms with van der Waals surface area (Å²) in [4.78, 5) is 36.4. The number of nitrogens with zero attached hydrogens (tertiary/aromatic N) is 1. The number of hydrogen-bond donors (Lipinski definition) is 2. The third-order valence-corrected chi connectivity index (χ3v) is 3.68. The predicted octanol–water partition coefficient (Wildman–Crippen LogP) is 2.11. The van der Waals surface area contributed by atoms with Gasteiger partial charge in [0.25, 0.3) is 0 Å². The lowest BCUT2D eigenvalue weighted by atomic mass is 10.2. The SMILES string of the molecule is CNC(=O)C[C@@H](C)N(C)C(=O)Nc1ccc(C(=O)OC)c(Cl)c1. The van der Waals surface area contributed by atoms with Crippen LogP contribution in [0.15, 0.2) is 18.2 Å². The number of carbonyl (C=O) groups is 3. The lowest BCUT2D eigenvalue weighted by molar-refractivity contribution is -0.121. The van der Waals surface area contributed by atoms with Crippen LogP contribution < -0.4 is 10.6 Å². The van der Waals surface area contributed by atoms with Gasteiger partial charge in [0.15, 0.2) is 0 Å². The Kier molecular flexibility index (Phi) is 6.84. The molecule has 1 aromatic rings. The first-order valence-corrected chi connectivity index (χ1v) is 7.30. The summed E-state index contributed by atoms with van der Waals surface area (Å²) < 4.78 is 4.60. The van der Waals surface area contributed by atoms with Crippen LogP contribution in [0.2, 0.25) is 5.02 Å². The van der Waals surface area contributed by atoms with Crippen LogP contribution in [0.1, 0.15) is 23.7 Å². The Morgan fingerprint density at radius 3 is 2.52 bits per heavy atom. The molecule has 8 heteroatoms. The van der Waals surface area contributed by atoms with Gasteiger partial charge in [0.05, 0.1) is 17.7 Å². The van der Waals surface area contributed by atoms with Gasteiger partial charge in [-0.25, -0.2) is 9.59 Å². The summed E-state index contributed by atoms with van der Waals surface area (Å²) in [5.41, 5.74) is 0.653. The number of ether oxygens (including phenoxy) is 1. The van der Waals surface area contributed by atoms with E-state index in [1.807, 2.05) is 0 Å². The number of esters is 1. The van der Waals surface area contributed by atoms with E-state index in [1.165, 1.54) is 24.1 Å². The van der Waals surface area contributed by atoms with E-state index in [-0.39, 0.29) is 35.0 Å². The predicted molar refractivity (Wildman–Crippen MR) is 87.7 cm³/mol. The lowest BCUT2D eigenvalue weighted by Crippen LogP contribution is -2.40. The highest BCUT2D eigenvalue weighted by atomic mass is 35.5. The molecule has 23 heavy (non-hydrogen) atoms. The van der Waals surface area contributed by atoms with Crippen LogP contribution in [0.3, 0.4) is 0 Å². The lowest BCUT2D eigenvalue weighted by Gasteiger charge is -2.24. The van der Waals surface area contributed by atoms with Gasteiger partial charge in [0.1, 0.15) is 0 Å². The first kappa shape index (κ1) is 18.8. The topological polar surface area (TPSA) is 87.7 Å². The number of anilines is 1. The molecule has 0 saturated heterocycles. The molecule has 0 saturated carbocycles. The molecule has 0 unspecified atom stereocenters. The van der Waals surface area contributed by atoms with E-state index in [1.54, 1.807) is 27.1 Å². The van der Waals surface area contributed by atoms with Crippen LogP contribution in [0.4, 0.5) is 10.5 Å². The summed E-state index contributed by atoms with van der Waals surface area (Å²) in [6.07, 6.45) is 0.197. The highest BCUT2D eigenvalue weighted by Crippen LogP contribution is 2.22.